The van der Waals surface area contributed by atoms with E-state index in [2.05, 4.69) is 15.0 Å². The lowest BCUT2D eigenvalue weighted by Gasteiger charge is -2.06. The topological polar surface area (TPSA) is 99.9 Å². The summed E-state index contributed by atoms with van der Waals surface area (Å²) in [5, 5.41) is 0. The first-order chi connectivity index (χ1) is 8.54. The Hall–Kier alpha value is -2.51. The van der Waals surface area contributed by atoms with Crippen molar-refractivity contribution in [3.05, 3.63) is 35.7 Å². The molecule has 4 N–H and O–H groups in total. The molecule has 1 heterocycles. The molecular formula is C10H9F2N5O. The van der Waals surface area contributed by atoms with Gasteiger partial charge in [0, 0.05) is 6.07 Å². The van der Waals surface area contributed by atoms with E-state index in [1.807, 2.05) is 0 Å². The van der Waals surface area contributed by atoms with Gasteiger partial charge in [-0.25, -0.2) is 8.78 Å². The molecule has 2 rings (SSSR count). The van der Waals surface area contributed by atoms with E-state index < -0.39 is 11.6 Å². The van der Waals surface area contributed by atoms with Gasteiger partial charge in [0.25, 0.3) is 0 Å². The average Bonchev–Trinajstić information content (AvgIpc) is 2.29. The third-order valence-electron chi connectivity index (χ3n) is 1.98. The Bertz CT molecular complexity index is 558. The van der Waals surface area contributed by atoms with Crippen molar-refractivity contribution in [2.75, 3.05) is 11.5 Å². The number of hydrogen-bond donors (Lipinski definition) is 2. The number of benzene rings is 1. The van der Waals surface area contributed by atoms with Gasteiger partial charge in [-0.2, -0.15) is 15.0 Å². The summed E-state index contributed by atoms with van der Waals surface area (Å²) in [6.45, 7) is -0.0814. The summed E-state index contributed by atoms with van der Waals surface area (Å²) >= 11 is 0. The van der Waals surface area contributed by atoms with Crippen molar-refractivity contribution in [3.8, 4) is 5.75 Å². The maximum Gasteiger partial charge on any atom is 0.225 e. The van der Waals surface area contributed by atoms with Crippen LogP contribution in [0.3, 0.4) is 0 Å². The molecule has 94 valence electrons. The first-order valence-corrected chi connectivity index (χ1v) is 4.88. The third kappa shape index (κ3) is 2.78. The number of aromatic nitrogens is 3. The van der Waals surface area contributed by atoms with Gasteiger partial charge in [-0.3, -0.25) is 0 Å². The van der Waals surface area contributed by atoms with E-state index in [9.17, 15) is 8.78 Å². The van der Waals surface area contributed by atoms with Crippen molar-refractivity contribution < 1.29 is 13.5 Å². The smallest absolute Gasteiger partial charge is 0.225 e. The third-order valence-corrected chi connectivity index (χ3v) is 1.98. The van der Waals surface area contributed by atoms with Crippen molar-refractivity contribution in [1.82, 2.24) is 15.0 Å². The van der Waals surface area contributed by atoms with Gasteiger partial charge in [0.2, 0.25) is 11.9 Å². The zero-order chi connectivity index (χ0) is 13.1. The van der Waals surface area contributed by atoms with Gasteiger partial charge < -0.3 is 16.2 Å². The van der Waals surface area contributed by atoms with Crippen molar-refractivity contribution in [2.45, 2.75) is 6.61 Å². The van der Waals surface area contributed by atoms with Gasteiger partial charge in [-0.15, -0.1) is 0 Å². The fraction of sp³-hybridized carbons (Fsp3) is 0.100. The summed E-state index contributed by atoms with van der Waals surface area (Å²) in [6, 6.07) is 3.16. The van der Waals surface area contributed by atoms with Crippen LogP contribution in [0.25, 0.3) is 0 Å². The molecule has 0 atom stereocenters. The van der Waals surface area contributed by atoms with Crippen LogP contribution in [0.2, 0.25) is 0 Å². The number of nitrogens with two attached hydrogens (primary N) is 2. The highest BCUT2D eigenvalue weighted by molar-refractivity contribution is 5.26. The summed E-state index contributed by atoms with van der Waals surface area (Å²) in [6.07, 6.45) is 0. The molecule has 0 bridgehead atoms. The normalized spacial score (nSPS) is 10.3. The van der Waals surface area contributed by atoms with Crippen LogP contribution in [0.15, 0.2) is 18.2 Å². The van der Waals surface area contributed by atoms with Gasteiger partial charge in [0.15, 0.2) is 17.5 Å². The van der Waals surface area contributed by atoms with Gasteiger partial charge >= 0.3 is 0 Å². The lowest BCUT2D eigenvalue weighted by molar-refractivity contribution is 0.293. The van der Waals surface area contributed by atoms with E-state index in [0.29, 0.717) is 0 Å². The fourth-order valence-corrected chi connectivity index (χ4v) is 1.24. The molecule has 0 aliphatic heterocycles. The number of rotatable bonds is 3. The molecule has 0 unspecified atom stereocenters. The highest BCUT2D eigenvalue weighted by atomic mass is 19.2. The van der Waals surface area contributed by atoms with E-state index in [0.717, 1.165) is 12.1 Å². The average molecular weight is 253 g/mol. The van der Waals surface area contributed by atoms with Crippen molar-refractivity contribution in [2.24, 2.45) is 0 Å². The summed E-state index contributed by atoms with van der Waals surface area (Å²) in [5.41, 5.74) is 10.7. The quantitative estimate of drug-likeness (QED) is 0.842. The van der Waals surface area contributed by atoms with Crippen molar-refractivity contribution in [3.63, 3.8) is 0 Å². The van der Waals surface area contributed by atoms with Crippen LogP contribution in [0.1, 0.15) is 5.82 Å². The SMILES string of the molecule is Nc1nc(N)nc(COc2ccc(F)c(F)c2)n1. The maximum absolute atomic E-state index is 12.9. The molecule has 1 aromatic heterocycles. The molecule has 0 saturated carbocycles. The maximum atomic E-state index is 12.9. The monoisotopic (exact) mass is 253 g/mol. The van der Waals surface area contributed by atoms with E-state index in [1.54, 1.807) is 0 Å². The Morgan fingerprint density at radius 1 is 1.00 bits per heavy atom. The number of halogens is 2. The predicted octanol–water partition coefficient (Wildman–Crippen LogP) is 0.893. The molecular weight excluding hydrogens is 244 g/mol. The number of ether oxygens (including phenoxy) is 1. The number of anilines is 2. The highest BCUT2D eigenvalue weighted by Crippen LogP contribution is 2.16. The molecule has 1 aromatic carbocycles. The van der Waals surface area contributed by atoms with E-state index in [-0.39, 0.29) is 30.1 Å². The van der Waals surface area contributed by atoms with Crippen LogP contribution in [0.5, 0.6) is 5.75 Å². The lowest BCUT2D eigenvalue weighted by atomic mass is 10.3. The van der Waals surface area contributed by atoms with E-state index >= 15 is 0 Å². The molecule has 0 aliphatic rings. The molecule has 6 nitrogen and oxygen atoms in total. The van der Waals surface area contributed by atoms with E-state index in [1.165, 1.54) is 6.07 Å². The minimum absolute atomic E-state index is 0.0358. The van der Waals surface area contributed by atoms with Crippen LogP contribution in [-0.4, -0.2) is 15.0 Å². The summed E-state index contributed by atoms with van der Waals surface area (Å²) in [7, 11) is 0. The molecule has 2 aromatic rings. The summed E-state index contributed by atoms with van der Waals surface area (Å²) in [4.78, 5) is 11.1. The largest absolute Gasteiger partial charge is 0.485 e. The number of nitrogen functional groups attached to an aromatic ring is 2. The highest BCUT2D eigenvalue weighted by Gasteiger charge is 2.06. The summed E-state index contributed by atoms with van der Waals surface area (Å²) < 4.78 is 30.7. The zero-order valence-electron chi connectivity index (χ0n) is 9.10. The Balaban J connectivity index is 2.08. The number of hydrogen-bond acceptors (Lipinski definition) is 6. The fourth-order valence-electron chi connectivity index (χ4n) is 1.24. The van der Waals surface area contributed by atoms with Gasteiger partial charge in [-0.05, 0) is 12.1 Å². The second kappa shape index (κ2) is 4.78. The Labute approximate surface area is 101 Å². The molecule has 0 aliphatic carbocycles. The second-order valence-corrected chi connectivity index (χ2v) is 3.33. The Kier molecular flexibility index (Phi) is 3.18. The van der Waals surface area contributed by atoms with Crippen LogP contribution >= 0.6 is 0 Å². The first kappa shape index (κ1) is 12.0. The molecule has 8 heteroatoms. The molecule has 0 fully saturated rings. The van der Waals surface area contributed by atoms with Crippen LogP contribution < -0.4 is 16.2 Å². The van der Waals surface area contributed by atoms with Crippen LogP contribution in [0.4, 0.5) is 20.7 Å². The van der Waals surface area contributed by atoms with Crippen LogP contribution in [0, 0.1) is 11.6 Å². The molecule has 0 radical (unpaired) electrons. The molecule has 0 amide bonds. The minimum atomic E-state index is -0.998. The van der Waals surface area contributed by atoms with Gasteiger partial charge in [-0.1, -0.05) is 0 Å². The molecule has 18 heavy (non-hydrogen) atoms. The standard InChI is InChI=1S/C10H9F2N5O/c11-6-2-1-5(3-7(6)12)18-4-8-15-9(13)17-10(14)16-8/h1-3H,4H2,(H4,13,14,15,16,17). The molecule has 0 spiro atoms. The van der Waals surface area contributed by atoms with Crippen molar-refractivity contribution >= 4 is 11.9 Å². The Morgan fingerprint density at radius 2 is 1.67 bits per heavy atom. The van der Waals surface area contributed by atoms with Gasteiger partial charge in [0.05, 0.1) is 0 Å². The lowest BCUT2D eigenvalue weighted by Crippen LogP contribution is -2.09. The second-order valence-electron chi connectivity index (χ2n) is 3.33. The molecule has 0 saturated heterocycles. The zero-order valence-corrected chi connectivity index (χ0v) is 9.10. The number of nitrogens with zero attached hydrogens (tertiary/aromatic N) is 3. The predicted molar refractivity (Wildman–Crippen MR) is 59.3 cm³/mol. The van der Waals surface area contributed by atoms with E-state index in [4.69, 9.17) is 16.2 Å². The van der Waals surface area contributed by atoms with Gasteiger partial charge in [0.1, 0.15) is 12.4 Å². The minimum Gasteiger partial charge on any atom is -0.485 e. The van der Waals surface area contributed by atoms with Crippen molar-refractivity contribution in [1.29, 1.82) is 0 Å². The summed E-state index contributed by atoms with van der Waals surface area (Å²) in [5.74, 6) is -1.67. The van der Waals surface area contributed by atoms with Crippen LogP contribution in [-0.2, 0) is 6.61 Å². The first-order valence-electron chi connectivity index (χ1n) is 4.88. The Morgan fingerprint density at radius 3 is 2.28 bits per heavy atom.